The summed E-state index contributed by atoms with van der Waals surface area (Å²) in [6.45, 7) is 2.98. The van der Waals surface area contributed by atoms with Crippen molar-refractivity contribution in [2.24, 2.45) is 0 Å². The maximum Gasteiger partial charge on any atom is 0.246 e. The van der Waals surface area contributed by atoms with Crippen molar-refractivity contribution in [3.63, 3.8) is 0 Å². The summed E-state index contributed by atoms with van der Waals surface area (Å²) in [5.41, 5.74) is -1.26. The Morgan fingerprint density at radius 3 is 2.32 bits per heavy atom. The zero-order valence-electron chi connectivity index (χ0n) is 10.8. The summed E-state index contributed by atoms with van der Waals surface area (Å²) >= 11 is 0. The number of hydrogen-bond donors (Lipinski definition) is 2. The summed E-state index contributed by atoms with van der Waals surface area (Å²) in [6.07, 6.45) is 1.03. The Morgan fingerprint density at radius 2 is 1.84 bits per heavy atom. The van der Waals surface area contributed by atoms with Gasteiger partial charge in [0, 0.05) is 6.54 Å². The topological polar surface area (TPSA) is 66.4 Å². The van der Waals surface area contributed by atoms with Gasteiger partial charge in [0.25, 0.3) is 0 Å². The summed E-state index contributed by atoms with van der Waals surface area (Å²) in [4.78, 5) is -1.03. The summed E-state index contributed by atoms with van der Waals surface area (Å²) in [5.74, 6) is -2.33. The molecule has 108 valence electrons. The van der Waals surface area contributed by atoms with E-state index in [1.165, 1.54) is 6.92 Å². The molecule has 1 aromatic carbocycles. The molecule has 0 aliphatic heterocycles. The number of sulfonamides is 1. The molecular formula is C12H17F2NO3S. The van der Waals surface area contributed by atoms with E-state index in [9.17, 15) is 22.3 Å². The van der Waals surface area contributed by atoms with Crippen LogP contribution in [0.4, 0.5) is 8.78 Å². The number of halogens is 2. The van der Waals surface area contributed by atoms with E-state index in [2.05, 4.69) is 0 Å². The van der Waals surface area contributed by atoms with Crippen LogP contribution in [0.15, 0.2) is 23.1 Å². The molecule has 1 rings (SSSR count). The molecule has 0 aliphatic carbocycles. The number of hydrogen-bond acceptors (Lipinski definition) is 3. The Kier molecular flexibility index (Phi) is 5.00. The minimum atomic E-state index is -4.33. The van der Waals surface area contributed by atoms with Gasteiger partial charge >= 0.3 is 0 Å². The minimum absolute atomic E-state index is 0.309. The first-order chi connectivity index (χ1) is 8.69. The number of aliphatic hydroxyl groups is 1. The molecule has 0 heterocycles. The summed E-state index contributed by atoms with van der Waals surface area (Å²) in [5, 5.41) is 9.85. The molecule has 4 nitrogen and oxygen atoms in total. The van der Waals surface area contributed by atoms with Crippen LogP contribution in [0.5, 0.6) is 0 Å². The third-order valence-corrected chi connectivity index (χ3v) is 4.07. The van der Waals surface area contributed by atoms with E-state index >= 15 is 0 Å². The monoisotopic (exact) mass is 293 g/mol. The lowest BCUT2D eigenvalue weighted by Crippen LogP contribution is -2.40. The fraction of sp³-hybridized carbons (Fsp3) is 0.500. The molecule has 0 saturated heterocycles. The van der Waals surface area contributed by atoms with Gasteiger partial charge in [-0.25, -0.2) is 21.9 Å². The van der Waals surface area contributed by atoms with Crippen molar-refractivity contribution in [1.29, 1.82) is 0 Å². The zero-order valence-corrected chi connectivity index (χ0v) is 11.6. The van der Waals surface area contributed by atoms with E-state index in [4.69, 9.17) is 0 Å². The summed E-state index contributed by atoms with van der Waals surface area (Å²) < 4.78 is 52.5. The van der Waals surface area contributed by atoms with Crippen molar-refractivity contribution in [3.05, 3.63) is 29.8 Å². The van der Waals surface area contributed by atoms with Gasteiger partial charge in [-0.2, -0.15) is 0 Å². The lowest BCUT2D eigenvalue weighted by atomic mass is 10.0. The average molecular weight is 293 g/mol. The molecule has 1 atom stereocenters. The summed E-state index contributed by atoms with van der Waals surface area (Å²) in [7, 11) is -4.33. The highest BCUT2D eigenvalue weighted by atomic mass is 32.2. The van der Waals surface area contributed by atoms with Crippen LogP contribution in [-0.2, 0) is 10.0 Å². The second-order valence-corrected chi connectivity index (χ2v) is 6.33. The lowest BCUT2D eigenvalue weighted by Gasteiger charge is -2.23. The highest BCUT2D eigenvalue weighted by molar-refractivity contribution is 7.89. The smallest absolute Gasteiger partial charge is 0.246 e. The largest absolute Gasteiger partial charge is 0.389 e. The standard InChI is InChI=1S/C12H17F2NO3S/c1-3-7-12(2,16)8-15-19(17,18)11-9(13)5-4-6-10(11)14/h4-6,15-16H,3,7-8H2,1-2H3. The van der Waals surface area contributed by atoms with E-state index in [0.717, 1.165) is 18.2 Å². The highest BCUT2D eigenvalue weighted by Crippen LogP contribution is 2.19. The van der Waals surface area contributed by atoms with E-state index < -0.39 is 32.2 Å². The Bertz CT molecular complexity index is 524. The van der Waals surface area contributed by atoms with Crippen LogP contribution in [0.25, 0.3) is 0 Å². The maximum absolute atomic E-state index is 13.4. The molecule has 2 N–H and O–H groups in total. The van der Waals surface area contributed by atoms with Crippen molar-refractivity contribution >= 4 is 10.0 Å². The van der Waals surface area contributed by atoms with Crippen molar-refractivity contribution in [2.75, 3.05) is 6.54 Å². The van der Waals surface area contributed by atoms with Gasteiger partial charge in [-0.3, -0.25) is 0 Å². The molecular weight excluding hydrogens is 276 g/mol. The second-order valence-electron chi connectivity index (χ2n) is 4.62. The fourth-order valence-corrected chi connectivity index (χ4v) is 2.98. The van der Waals surface area contributed by atoms with Gasteiger partial charge in [-0.15, -0.1) is 0 Å². The van der Waals surface area contributed by atoms with E-state index in [-0.39, 0.29) is 6.54 Å². The molecule has 0 spiro atoms. The molecule has 0 saturated carbocycles. The van der Waals surface area contributed by atoms with Gasteiger partial charge in [-0.1, -0.05) is 19.4 Å². The quantitative estimate of drug-likeness (QED) is 0.840. The first kappa shape index (κ1) is 16.0. The molecule has 1 unspecified atom stereocenters. The van der Waals surface area contributed by atoms with E-state index in [1.54, 1.807) is 0 Å². The minimum Gasteiger partial charge on any atom is -0.389 e. The van der Waals surface area contributed by atoms with Crippen LogP contribution < -0.4 is 4.72 Å². The highest BCUT2D eigenvalue weighted by Gasteiger charge is 2.27. The zero-order chi connectivity index (χ0) is 14.7. The Hall–Kier alpha value is -1.05. The Balaban J connectivity index is 2.94. The van der Waals surface area contributed by atoms with Gasteiger partial charge in [0.1, 0.15) is 11.6 Å². The van der Waals surface area contributed by atoms with Crippen LogP contribution in [0.2, 0.25) is 0 Å². The molecule has 0 bridgehead atoms. The predicted molar refractivity (Wildman–Crippen MR) is 67.1 cm³/mol. The van der Waals surface area contributed by atoms with Crippen molar-refractivity contribution in [3.8, 4) is 0 Å². The molecule has 0 aliphatic rings. The Labute approximate surface area is 111 Å². The van der Waals surface area contributed by atoms with Crippen LogP contribution >= 0.6 is 0 Å². The first-order valence-electron chi connectivity index (χ1n) is 5.85. The van der Waals surface area contributed by atoms with Crippen molar-refractivity contribution in [2.45, 2.75) is 37.2 Å². The van der Waals surface area contributed by atoms with Crippen LogP contribution in [0.3, 0.4) is 0 Å². The number of rotatable bonds is 6. The van der Waals surface area contributed by atoms with Gasteiger partial charge in [0.05, 0.1) is 5.60 Å². The number of nitrogens with one attached hydrogen (secondary N) is 1. The molecule has 0 fully saturated rings. The van der Waals surface area contributed by atoms with Gasteiger partial charge < -0.3 is 5.11 Å². The van der Waals surface area contributed by atoms with Gasteiger partial charge in [0.15, 0.2) is 4.90 Å². The number of benzene rings is 1. The third-order valence-electron chi connectivity index (χ3n) is 2.62. The molecule has 0 aromatic heterocycles. The van der Waals surface area contributed by atoms with E-state index in [0.29, 0.717) is 12.8 Å². The molecule has 0 amide bonds. The van der Waals surface area contributed by atoms with Crippen molar-refractivity contribution < 1.29 is 22.3 Å². The average Bonchev–Trinajstić information content (AvgIpc) is 2.26. The van der Waals surface area contributed by atoms with Crippen LogP contribution in [0, 0.1) is 11.6 Å². The normalized spacial score (nSPS) is 15.2. The van der Waals surface area contributed by atoms with E-state index in [1.807, 2.05) is 11.6 Å². The predicted octanol–water partition coefficient (Wildman–Crippen LogP) is 1.79. The molecule has 7 heteroatoms. The third kappa shape index (κ3) is 4.22. The Morgan fingerprint density at radius 1 is 1.32 bits per heavy atom. The van der Waals surface area contributed by atoms with Gasteiger partial charge in [0.2, 0.25) is 10.0 Å². The van der Waals surface area contributed by atoms with Gasteiger partial charge in [-0.05, 0) is 25.5 Å². The van der Waals surface area contributed by atoms with Crippen LogP contribution in [0.1, 0.15) is 26.7 Å². The molecule has 1 aromatic rings. The fourth-order valence-electron chi connectivity index (χ4n) is 1.69. The molecule has 19 heavy (non-hydrogen) atoms. The molecule has 0 radical (unpaired) electrons. The lowest BCUT2D eigenvalue weighted by molar-refractivity contribution is 0.0554. The van der Waals surface area contributed by atoms with Crippen LogP contribution in [-0.4, -0.2) is 25.7 Å². The second kappa shape index (κ2) is 5.94. The van der Waals surface area contributed by atoms with Crippen molar-refractivity contribution in [1.82, 2.24) is 4.72 Å². The SMILES string of the molecule is CCCC(C)(O)CNS(=O)(=O)c1c(F)cccc1F. The maximum atomic E-state index is 13.4. The first-order valence-corrected chi connectivity index (χ1v) is 7.34. The summed E-state index contributed by atoms with van der Waals surface area (Å²) in [6, 6.07) is 2.81.